The Hall–Kier alpha value is -2.46. The molecule has 0 fully saturated rings. The van der Waals surface area contributed by atoms with E-state index in [0.717, 1.165) is 22.9 Å². The van der Waals surface area contributed by atoms with Crippen molar-refractivity contribution in [2.75, 3.05) is 6.54 Å². The molecule has 0 unspecified atom stereocenters. The molecule has 1 amide bonds. The van der Waals surface area contributed by atoms with Crippen LogP contribution in [-0.2, 0) is 6.42 Å². The third kappa shape index (κ3) is 3.40. The first kappa shape index (κ1) is 14.5. The number of carbonyl (C=O) groups excluding carboxylic acids is 1. The van der Waals surface area contributed by atoms with Crippen LogP contribution in [0.15, 0.2) is 54.9 Å². The van der Waals surface area contributed by atoms with Gasteiger partial charge in [0.2, 0.25) is 0 Å². The minimum absolute atomic E-state index is 0.173. The molecule has 4 nitrogen and oxygen atoms in total. The summed E-state index contributed by atoms with van der Waals surface area (Å²) in [5, 5.41) is 4.50. The highest BCUT2D eigenvalue weighted by Crippen LogP contribution is 2.11. The quantitative estimate of drug-likeness (QED) is 0.804. The molecule has 0 radical (unpaired) electrons. The van der Waals surface area contributed by atoms with Crippen molar-refractivity contribution >= 4 is 28.4 Å². The fraction of sp³-hybridized carbons (Fsp3) is 0.118. The second-order valence-electron chi connectivity index (χ2n) is 4.90. The topological polar surface area (TPSA) is 54.9 Å². The average molecular weight is 312 g/mol. The van der Waals surface area contributed by atoms with E-state index in [1.54, 1.807) is 24.5 Å². The number of hydrogen-bond acceptors (Lipinski definition) is 3. The molecule has 110 valence electrons. The van der Waals surface area contributed by atoms with Gasteiger partial charge in [0.15, 0.2) is 0 Å². The minimum atomic E-state index is -0.173. The lowest BCUT2D eigenvalue weighted by Crippen LogP contribution is -2.26. The summed E-state index contributed by atoms with van der Waals surface area (Å²) in [5.74, 6) is -0.173. The minimum Gasteiger partial charge on any atom is -0.350 e. The second-order valence-corrected chi connectivity index (χ2v) is 5.33. The van der Waals surface area contributed by atoms with Gasteiger partial charge < -0.3 is 5.32 Å². The number of pyridine rings is 2. The normalized spacial score (nSPS) is 10.6. The third-order valence-electron chi connectivity index (χ3n) is 3.33. The van der Waals surface area contributed by atoms with Crippen molar-refractivity contribution in [3.05, 3.63) is 71.1 Å². The molecule has 0 atom stereocenters. The van der Waals surface area contributed by atoms with Crippen LogP contribution < -0.4 is 5.32 Å². The maximum Gasteiger partial charge on any atom is 0.269 e. The number of amides is 1. The zero-order valence-electron chi connectivity index (χ0n) is 11.8. The van der Waals surface area contributed by atoms with E-state index in [1.165, 1.54) is 0 Å². The number of fused-ring (bicyclic) bond motifs is 1. The molecule has 2 aromatic heterocycles. The Morgan fingerprint density at radius 2 is 1.91 bits per heavy atom. The zero-order valence-corrected chi connectivity index (χ0v) is 12.5. The van der Waals surface area contributed by atoms with Gasteiger partial charge in [0.1, 0.15) is 5.69 Å². The van der Waals surface area contributed by atoms with Crippen molar-refractivity contribution in [3.63, 3.8) is 0 Å². The molecule has 0 saturated heterocycles. The van der Waals surface area contributed by atoms with Gasteiger partial charge in [-0.2, -0.15) is 0 Å². The highest BCUT2D eigenvalue weighted by Gasteiger charge is 2.07. The van der Waals surface area contributed by atoms with Gasteiger partial charge in [-0.3, -0.25) is 9.78 Å². The molecule has 1 N–H and O–H groups in total. The van der Waals surface area contributed by atoms with Crippen molar-refractivity contribution in [1.82, 2.24) is 15.3 Å². The molecule has 22 heavy (non-hydrogen) atoms. The van der Waals surface area contributed by atoms with Crippen LogP contribution in [0.3, 0.4) is 0 Å². The van der Waals surface area contributed by atoms with Gasteiger partial charge in [-0.1, -0.05) is 23.7 Å². The van der Waals surface area contributed by atoms with Crippen LogP contribution in [-0.4, -0.2) is 22.4 Å². The lowest BCUT2D eigenvalue weighted by molar-refractivity contribution is 0.0949. The molecule has 0 aliphatic heterocycles. The van der Waals surface area contributed by atoms with Crippen molar-refractivity contribution < 1.29 is 4.79 Å². The molecule has 1 aromatic carbocycles. The van der Waals surface area contributed by atoms with Gasteiger partial charge in [0, 0.05) is 29.3 Å². The first-order chi connectivity index (χ1) is 10.7. The Labute approximate surface area is 133 Å². The summed E-state index contributed by atoms with van der Waals surface area (Å²) in [7, 11) is 0. The highest BCUT2D eigenvalue weighted by atomic mass is 35.5. The van der Waals surface area contributed by atoms with Gasteiger partial charge in [0.05, 0.1) is 5.52 Å². The third-order valence-corrected chi connectivity index (χ3v) is 3.59. The Bertz CT molecular complexity index is 802. The van der Waals surface area contributed by atoms with E-state index < -0.39 is 0 Å². The monoisotopic (exact) mass is 311 g/mol. The molecular weight excluding hydrogens is 298 g/mol. The Kier molecular flexibility index (Phi) is 4.30. The summed E-state index contributed by atoms with van der Waals surface area (Å²) in [4.78, 5) is 20.5. The van der Waals surface area contributed by atoms with Crippen LogP contribution >= 0.6 is 11.6 Å². The molecule has 0 aliphatic carbocycles. The maximum atomic E-state index is 12.1. The molecule has 3 rings (SSSR count). The van der Waals surface area contributed by atoms with Crippen molar-refractivity contribution in [2.45, 2.75) is 6.42 Å². The number of nitrogens with zero attached hydrogens (tertiary/aromatic N) is 2. The van der Waals surface area contributed by atoms with Crippen LogP contribution in [0.4, 0.5) is 0 Å². The number of halogens is 1. The molecule has 0 aliphatic rings. The van der Waals surface area contributed by atoms with Crippen molar-refractivity contribution in [1.29, 1.82) is 0 Å². The largest absolute Gasteiger partial charge is 0.350 e. The van der Waals surface area contributed by atoms with Gasteiger partial charge in [-0.25, -0.2) is 4.98 Å². The van der Waals surface area contributed by atoms with E-state index in [1.807, 2.05) is 30.3 Å². The summed E-state index contributed by atoms with van der Waals surface area (Å²) in [6, 6.07) is 13.0. The highest BCUT2D eigenvalue weighted by molar-refractivity contribution is 6.30. The number of hydrogen-bond donors (Lipinski definition) is 1. The summed E-state index contributed by atoms with van der Waals surface area (Å²) in [5.41, 5.74) is 2.30. The van der Waals surface area contributed by atoms with E-state index >= 15 is 0 Å². The van der Waals surface area contributed by atoms with Crippen LogP contribution in [0.5, 0.6) is 0 Å². The smallest absolute Gasteiger partial charge is 0.269 e. The van der Waals surface area contributed by atoms with Crippen LogP contribution in [0.25, 0.3) is 10.9 Å². The molecule has 5 heteroatoms. The van der Waals surface area contributed by atoms with E-state index in [9.17, 15) is 4.79 Å². The van der Waals surface area contributed by atoms with E-state index in [2.05, 4.69) is 15.3 Å². The van der Waals surface area contributed by atoms with Crippen LogP contribution in [0.1, 0.15) is 16.1 Å². The number of benzene rings is 1. The lowest BCUT2D eigenvalue weighted by atomic mass is 10.1. The standard InChI is InChI=1S/C17H14ClN3O/c18-14-4-1-12(2-5-14)7-10-20-17(22)16-6-3-13-11-19-9-8-15(13)21-16/h1-6,8-9,11H,7,10H2,(H,20,22). The lowest BCUT2D eigenvalue weighted by Gasteiger charge is -2.06. The molecular formula is C17H14ClN3O. The molecule has 0 saturated carbocycles. The Balaban J connectivity index is 1.62. The van der Waals surface area contributed by atoms with Crippen molar-refractivity contribution in [2.24, 2.45) is 0 Å². The first-order valence-electron chi connectivity index (χ1n) is 6.96. The predicted octanol–water partition coefficient (Wildman–Crippen LogP) is 3.26. The average Bonchev–Trinajstić information content (AvgIpc) is 2.56. The summed E-state index contributed by atoms with van der Waals surface area (Å²) < 4.78 is 0. The van der Waals surface area contributed by atoms with Gasteiger partial charge in [-0.05, 0) is 42.3 Å². The molecule has 0 bridgehead atoms. The van der Waals surface area contributed by atoms with Gasteiger partial charge in [0.25, 0.3) is 5.91 Å². The first-order valence-corrected chi connectivity index (χ1v) is 7.33. The zero-order chi connectivity index (χ0) is 15.4. The Morgan fingerprint density at radius 3 is 2.73 bits per heavy atom. The SMILES string of the molecule is O=C(NCCc1ccc(Cl)cc1)c1ccc2cnccc2n1. The number of nitrogens with one attached hydrogen (secondary N) is 1. The molecule has 0 spiro atoms. The van der Waals surface area contributed by atoms with E-state index in [-0.39, 0.29) is 5.91 Å². The fourth-order valence-electron chi connectivity index (χ4n) is 2.15. The maximum absolute atomic E-state index is 12.1. The van der Waals surface area contributed by atoms with E-state index in [0.29, 0.717) is 17.3 Å². The van der Waals surface area contributed by atoms with Crippen molar-refractivity contribution in [3.8, 4) is 0 Å². The number of carbonyl (C=O) groups is 1. The van der Waals surface area contributed by atoms with Crippen LogP contribution in [0.2, 0.25) is 5.02 Å². The molecule has 2 heterocycles. The number of aromatic nitrogens is 2. The predicted molar refractivity (Wildman–Crippen MR) is 87.0 cm³/mol. The summed E-state index contributed by atoms with van der Waals surface area (Å²) in [6.07, 6.45) is 4.14. The fourth-order valence-corrected chi connectivity index (χ4v) is 2.28. The molecule has 3 aromatic rings. The summed E-state index contributed by atoms with van der Waals surface area (Å²) >= 11 is 5.84. The van der Waals surface area contributed by atoms with E-state index in [4.69, 9.17) is 11.6 Å². The van der Waals surface area contributed by atoms with Crippen LogP contribution in [0, 0.1) is 0 Å². The van der Waals surface area contributed by atoms with Gasteiger partial charge >= 0.3 is 0 Å². The summed E-state index contributed by atoms with van der Waals surface area (Å²) in [6.45, 7) is 0.552. The second kappa shape index (κ2) is 6.54. The van der Waals surface area contributed by atoms with Gasteiger partial charge in [-0.15, -0.1) is 0 Å². The number of rotatable bonds is 4. The Morgan fingerprint density at radius 1 is 1.09 bits per heavy atom.